The second-order valence-electron chi connectivity index (χ2n) is 8.13. The van der Waals surface area contributed by atoms with Crippen LogP contribution >= 0.6 is 0 Å². The first-order valence-electron chi connectivity index (χ1n) is 10.3. The molecule has 2 aromatic carbocycles. The Balaban J connectivity index is 1.44. The summed E-state index contributed by atoms with van der Waals surface area (Å²) < 4.78 is 15.4. The van der Waals surface area contributed by atoms with Gasteiger partial charge in [0.15, 0.2) is 0 Å². The highest BCUT2D eigenvalue weighted by atomic mass is 19.1. The number of likely N-dealkylation sites (tertiary alicyclic amines) is 1. The quantitative estimate of drug-likeness (QED) is 0.662. The van der Waals surface area contributed by atoms with Crippen molar-refractivity contribution in [2.24, 2.45) is 0 Å². The Bertz CT molecular complexity index is 1060. The Morgan fingerprint density at radius 2 is 1.90 bits per heavy atom. The summed E-state index contributed by atoms with van der Waals surface area (Å²) in [7, 11) is 0. The first-order valence-corrected chi connectivity index (χ1v) is 10.3. The molecule has 0 saturated carbocycles. The molecular formula is C24H27FN4O. The second kappa shape index (κ2) is 8.30. The van der Waals surface area contributed by atoms with Crippen LogP contribution in [-0.4, -0.2) is 33.6 Å². The first-order chi connectivity index (χ1) is 14.4. The van der Waals surface area contributed by atoms with Crippen LogP contribution in [0.15, 0.2) is 48.7 Å². The maximum atomic E-state index is 13.2. The molecule has 30 heavy (non-hydrogen) atoms. The predicted octanol–water partition coefficient (Wildman–Crippen LogP) is 5.02. The van der Waals surface area contributed by atoms with Crippen LogP contribution in [0.25, 0.3) is 0 Å². The summed E-state index contributed by atoms with van der Waals surface area (Å²) in [5, 5.41) is 3.01. The smallest absolute Gasteiger partial charge is 0.321 e. The van der Waals surface area contributed by atoms with Gasteiger partial charge in [-0.15, -0.1) is 0 Å². The van der Waals surface area contributed by atoms with Crippen molar-refractivity contribution in [3.05, 3.63) is 82.7 Å². The van der Waals surface area contributed by atoms with Crippen LogP contribution in [0.5, 0.6) is 0 Å². The van der Waals surface area contributed by atoms with Gasteiger partial charge in [-0.3, -0.25) is 0 Å². The van der Waals surface area contributed by atoms with E-state index in [2.05, 4.69) is 21.8 Å². The molecule has 0 spiro atoms. The zero-order chi connectivity index (χ0) is 21.3. The molecule has 0 bridgehead atoms. The van der Waals surface area contributed by atoms with E-state index in [0.29, 0.717) is 19.6 Å². The topological polar surface area (TPSA) is 50.2 Å². The summed E-state index contributed by atoms with van der Waals surface area (Å²) in [6.45, 7) is 8.11. The fraction of sp³-hybridized carbons (Fsp3) is 0.333. The molecule has 1 atom stereocenters. The first kappa shape index (κ1) is 20.1. The number of hydrogen-bond acceptors (Lipinski definition) is 2. The number of imidazole rings is 1. The molecule has 0 aliphatic carbocycles. The van der Waals surface area contributed by atoms with Crippen LogP contribution in [0.2, 0.25) is 0 Å². The molecule has 6 heteroatoms. The minimum Gasteiger partial charge on any atom is -0.328 e. The Morgan fingerprint density at radius 1 is 1.13 bits per heavy atom. The Kier molecular flexibility index (Phi) is 5.57. The highest BCUT2D eigenvalue weighted by Crippen LogP contribution is 2.28. The lowest BCUT2D eigenvalue weighted by Crippen LogP contribution is -2.33. The van der Waals surface area contributed by atoms with Gasteiger partial charge >= 0.3 is 6.03 Å². The molecule has 2 heterocycles. The Hall–Kier alpha value is -3.15. The van der Waals surface area contributed by atoms with E-state index in [1.165, 1.54) is 17.7 Å². The highest BCUT2D eigenvalue weighted by Gasteiger charge is 2.30. The molecular weight excluding hydrogens is 379 g/mol. The highest BCUT2D eigenvalue weighted by molar-refractivity contribution is 5.89. The lowest BCUT2D eigenvalue weighted by molar-refractivity contribution is 0.222. The molecule has 1 aliphatic heterocycles. The molecule has 1 fully saturated rings. The number of halogens is 1. The Morgan fingerprint density at radius 3 is 2.63 bits per heavy atom. The minimum absolute atomic E-state index is 0.0749. The van der Waals surface area contributed by atoms with E-state index in [0.717, 1.165) is 34.8 Å². The third-order valence-corrected chi connectivity index (χ3v) is 5.94. The molecule has 1 aromatic heterocycles. The number of benzene rings is 2. The van der Waals surface area contributed by atoms with Crippen LogP contribution in [0.1, 0.15) is 40.5 Å². The van der Waals surface area contributed by atoms with Gasteiger partial charge in [-0.05, 0) is 68.1 Å². The van der Waals surface area contributed by atoms with Gasteiger partial charge in [0.25, 0.3) is 0 Å². The van der Waals surface area contributed by atoms with Crippen molar-refractivity contribution < 1.29 is 9.18 Å². The monoisotopic (exact) mass is 406 g/mol. The molecule has 0 radical (unpaired) electrons. The van der Waals surface area contributed by atoms with Gasteiger partial charge in [0.05, 0.1) is 0 Å². The summed E-state index contributed by atoms with van der Waals surface area (Å²) >= 11 is 0. The largest absolute Gasteiger partial charge is 0.328 e. The fourth-order valence-electron chi connectivity index (χ4n) is 3.96. The summed E-state index contributed by atoms with van der Waals surface area (Å²) in [6, 6.07) is 12.5. The van der Waals surface area contributed by atoms with Crippen LogP contribution in [0.4, 0.5) is 14.9 Å². The van der Waals surface area contributed by atoms with Crippen molar-refractivity contribution in [2.75, 3.05) is 18.4 Å². The number of nitrogens with one attached hydrogen (secondary N) is 1. The summed E-state index contributed by atoms with van der Waals surface area (Å²) in [4.78, 5) is 19.2. The third kappa shape index (κ3) is 4.22. The summed E-state index contributed by atoms with van der Waals surface area (Å²) in [5.41, 5.74) is 5.27. The molecule has 1 unspecified atom stereocenters. The maximum Gasteiger partial charge on any atom is 0.321 e. The van der Waals surface area contributed by atoms with Crippen LogP contribution in [0.3, 0.4) is 0 Å². The molecule has 1 aliphatic rings. The maximum absolute atomic E-state index is 13.2. The number of rotatable bonds is 4. The van der Waals surface area contributed by atoms with E-state index in [9.17, 15) is 9.18 Å². The Labute approximate surface area is 176 Å². The van der Waals surface area contributed by atoms with Crippen LogP contribution in [0, 0.1) is 26.6 Å². The van der Waals surface area contributed by atoms with Gasteiger partial charge < -0.3 is 14.8 Å². The third-order valence-electron chi connectivity index (χ3n) is 5.94. The van der Waals surface area contributed by atoms with Crippen molar-refractivity contribution in [1.29, 1.82) is 0 Å². The van der Waals surface area contributed by atoms with E-state index in [1.807, 2.05) is 43.1 Å². The van der Waals surface area contributed by atoms with E-state index in [1.54, 1.807) is 12.1 Å². The van der Waals surface area contributed by atoms with Gasteiger partial charge in [-0.2, -0.15) is 0 Å². The fourth-order valence-corrected chi connectivity index (χ4v) is 3.96. The predicted molar refractivity (Wildman–Crippen MR) is 116 cm³/mol. The normalized spacial score (nSPS) is 16.1. The van der Waals surface area contributed by atoms with E-state index in [-0.39, 0.29) is 17.8 Å². The number of carbonyl (C=O) groups is 1. The number of hydrogen-bond donors (Lipinski definition) is 1. The summed E-state index contributed by atoms with van der Waals surface area (Å²) in [5.74, 6) is 0.936. The summed E-state index contributed by atoms with van der Waals surface area (Å²) in [6.07, 6.45) is 2.75. The average Bonchev–Trinajstić information content (AvgIpc) is 3.34. The van der Waals surface area contributed by atoms with Crippen molar-refractivity contribution >= 4 is 11.7 Å². The number of nitrogens with zero attached hydrogens (tertiary/aromatic N) is 3. The molecule has 2 amide bonds. The van der Waals surface area contributed by atoms with Crippen LogP contribution in [-0.2, 0) is 6.54 Å². The van der Waals surface area contributed by atoms with Crippen LogP contribution < -0.4 is 5.32 Å². The molecule has 1 saturated heterocycles. The van der Waals surface area contributed by atoms with Crippen molar-refractivity contribution in [3.63, 3.8) is 0 Å². The van der Waals surface area contributed by atoms with E-state index < -0.39 is 0 Å². The second-order valence-corrected chi connectivity index (χ2v) is 8.13. The minimum atomic E-state index is -0.234. The number of anilines is 1. The number of carbonyl (C=O) groups excluding carboxylic acids is 1. The number of urea groups is 1. The SMILES string of the molecule is Cc1ccc(NC(=O)N2CCC(c3ncc(C)n3Cc3ccc(F)cc3)C2)cc1C. The van der Waals surface area contributed by atoms with E-state index >= 15 is 0 Å². The zero-order valence-electron chi connectivity index (χ0n) is 17.7. The van der Waals surface area contributed by atoms with Gasteiger partial charge in [-0.1, -0.05) is 18.2 Å². The molecule has 156 valence electrons. The van der Waals surface area contributed by atoms with Crippen molar-refractivity contribution in [2.45, 2.75) is 39.7 Å². The number of amides is 2. The van der Waals surface area contributed by atoms with Crippen molar-refractivity contribution in [1.82, 2.24) is 14.5 Å². The lowest BCUT2D eigenvalue weighted by Gasteiger charge is -2.19. The molecule has 3 aromatic rings. The van der Waals surface area contributed by atoms with Gasteiger partial charge in [0.1, 0.15) is 11.6 Å². The van der Waals surface area contributed by atoms with E-state index in [4.69, 9.17) is 0 Å². The zero-order valence-corrected chi connectivity index (χ0v) is 17.7. The molecule has 4 rings (SSSR count). The standard InChI is InChI=1S/C24H27FN4O/c1-16-4-9-22(12-17(16)2)27-24(30)28-11-10-20(15-28)23-26-13-18(3)29(23)14-19-5-7-21(25)8-6-19/h4-9,12-13,20H,10-11,14-15H2,1-3H3,(H,27,30). The molecule has 5 nitrogen and oxygen atoms in total. The van der Waals surface area contributed by atoms with Gasteiger partial charge in [0.2, 0.25) is 0 Å². The van der Waals surface area contributed by atoms with Crippen molar-refractivity contribution in [3.8, 4) is 0 Å². The van der Waals surface area contributed by atoms with Gasteiger partial charge in [-0.25, -0.2) is 14.2 Å². The average molecular weight is 407 g/mol. The number of aromatic nitrogens is 2. The van der Waals surface area contributed by atoms with Gasteiger partial charge in [0, 0.05) is 43.1 Å². The number of aryl methyl sites for hydroxylation is 3. The lowest BCUT2D eigenvalue weighted by atomic mass is 10.1. The molecule has 1 N–H and O–H groups in total.